The van der Waals surface area contributed by atoms with E-state index in [4.69, 9.17) is 14.5 Å². The number of anilines is 1. The Morgan fingerprint density at radius 2 is 2.05 bits per heavy atom. The quantitative estimate of drug-likeness (QED) is 0.173. The van der Waals surface area contributed by atoms with Crippen LogP contribution < -0.4 is 10.1 Å². The summed E-state index contributed by atoms with van der Waals surface area (Å²) in [7, 11) is 1.92. The van der Waals surface area contributed by atoms with Crippen molar-refractivity contribution in [1.29, 1.82) is 0 Å². The number of aromatic nitrogens is 3. The summed E-state index contributed by atoms with van der Waals surface area (Å²) in [4.78, 5) is 7.05. The first kappa shape index (κ1) is 28.4. The lowest BCUT2D eigenvalue weighted by atomic mass is 10.1. The van der Waals surface area contributed by atoms with Crippen LogP contribution in [0.5, 0.6) is 5.75 Å². The normalized spacial score (nSPS) is 16.2. The van der Waals surface area contributed by atoms with Gasteiger partial charge in [-0.05, 0) is 43.9 Å². The standard InChI is InChI=1S/C30H41FN6O2/c1-7-9-10-23(37-13-15-38-16-14-37)18-28(33-29-19-25(34-35-29)20(3)8-2)32-22(5)39-27-12-11-26-24(30(27)31)17-21(4)36(26)6/h10-12,17-20H,7-9,13-16H2,1-6H3,(H2,33,34,35)/b23-10-,28-18+,32-22+. The Morgan fingerprint density at radius 1 is 1.28 bits per heavy atom. The van der Waals surface area contributed by atoms with Gasteiger partial charge in [0.15, 0.2) is 23.3 Å². The highest BCUT2D eigenvalue weighted by Crippen LogP contribution is 2.29. The maximum atomic E-state index is 15.3. The van der Waals surface area contributed by atoms with Crippen LogP contribution in [-0.2, 0) is 11.8 Å². The molecule has 210 valence electrons. The molecule has 1 aliphatic heterocycles. The second-order valence-electron chi connectivity index (χ2n) is 10.1. The lowest BCUT2D eigenvalue weighted by Crippen LogP contribution is -2.35. The van der Waals surface area contributed by atoms with Crippen LogP contribution in [0.25, 0.3) is 10.9 Å². The minimum atomic E-state index is -0.397. The summed E-state index contributed by atoms with van der Waals surface area (Å²) in [6.45, 7) is 13.1. The van der Waals surface area contributed by atoms with Crippen LogP contribution in [0.15, 0.2) is 52.9 Å². The van der Waals surface area contributed by atoms with Crippen molar-refractivity contribution < 1.29 is 13.9 Å². The zero-order valence-corrected chi connectivity index (χ0v) is 24.0. The number of hydrogen-bond donors (Lipinski definition) is 2. The average molecular weight is 537 g/mol. The molecule has 8 nitrogen and oxygen atoms in total. The van der Waals surface area contributed by atoms with Crippen LogP contribution in [0.3, 0.4) is 0 Å². The SMILES string of the molecule is CCC/C=C(/C=C(\N=C(/C)Oc1ccc2c(cc(C)n2C)c1F)Nc1cc(C(C)CC)[nH]n1)N1CCOCC1. The van der Waals surface area contributed by atoms with Crippen LogP contribution in [-0.4, -0.2) is 51.9 Å². The molecule has 1 unspecified atom stereocenters. The Bertz CT molecular complexity index is 1360. The third-order valence-corrected chi connectivity index (χ3v) is 7.20. The number of benzene rings is 1. The smallest absolute Gasteiger partial charge is 0.193 e. The molecule has 0 spiro atoms. The van der Waals surface area contributed by atoms with E-state index in [9.17, 15) is 0 Å². The van der Waals surface area contributed by atoms with Crippen molar-refractivity contribution in [3.05, 3.63) is 65.1 Å². The van der Waals surface area contributed by atoms with Gasteiger partial charge in [-0.15, -0.1) is 0 Å². The fraction of sp³-hybridized carbons (Fsp3) is 0.467. The van der Waals surface area contributed by atoms with Crippen LogP contribution in [0.1, 0.15) is 64.3 Å². The van der Waals surface area contributed by atoms with Crippen molar-refractivity contribution in [1.82, 2.24) is 19.7 Å². The number of hydrogen-bond acceptors (Lipinski definition) is 6. The van der Waals surface area contributed by atoms with E-state index in [0.717, 1.165) is 55.0 Å². The van der Waals surface area contributed by atoms with Gasteiger partial charge < -0.3 is 24.3 Å². The fourth-order valence-corrected chi connectivity index (χ4v) is 4.55. The molecule has 4 rings (SSSR count). The second-order valence-corrected chi connectivity index (χ2v) is 10.1. The van der Waals surface area contributed by atoms with E-state index in [1.54, 1.807) is 13.0 Å². The Balaban J connectivity index is 1.67. The average Bonchev–Trinajstić information content (AvgIpc) is 3.52. The Labute approximate surface area is 230 Å². The van der Waals surface area contributed by atoms with Gasteiger partial charge in [0.25, 0.3) is 0 Å². The highest BCUT2D eigenvalue weighted by molar-refractivity contribution is 5.85. The van der Waals surface area contributed by atoms with E-state index in [-0.39, 0.29) is 5.75 Å². The lowest BCUT2D eigenvalue weighted by Gasteiger charge is -2.30. The number of rotatable bonds is 10. The summed E-state index contributed by atoms with van der Waals surface area (Å²) in [5.74, 6) is 1.64. The van der Waals surface area contributed by atoms with Gasteiger partial charge in [0.1, 0.15) is 5.82 Å². The molecule has 2 N–H and O–H groups in total. The van der Waals surface area contributed by atoms with Gasteiger partial charge in [-0.3, -0.25) is 5.10 Å². The maximum absolute atomic E-state index is 15.3. The number of nitrogens with one attached hydrogen (secondary N) is 2. The molecule has 1 atom stereocenters. The van der Waals surface area contributed by atoms with Crippen molar-refractivity contribution in [3.63, 3.8) is 0 Å². The van der Waals surface area contributed by atoms with Gasteiger partial charge >= 0.3 is 0 Å². The number of morpholine rings is 1. The predicted octanol–water partition coefficient (Wildman–Crippen LogP) is 6.63. The first-order chi connectivity index (χ1) is 18.8. The van der Waals surface area contributed by atoms with E-state index in [0.29, 0.717) is 42.1 Å². The van der Waals surface area contributed by atoms with Gasteiger partial charge in [-0.25, -0.2) is 4.39 Å². The Hall–Kier alpha value is -3.59. The maximum Gasteiger partial charge on any atom is 0.193 e. The topological polar surface area (TPSA) is 79.7 Å². The van der Waals surface area contributed by atoms with Crippen molar-refractivity contribution in [2.24, 2.45) is 12.0 Å². The van der Waals surface area contributed by atoms with Crippen LogP contribution >= 0.6 is 0 Å². The van der Waals surface area contributed by atoms with Crippen molar-refractivity contribution >= 4 is 22.6 Å². The minimum absolute atomic E-state index is 0.141. The van der Waals surface area contributed by atoms with E-state index < -0.39 is 5.82 Å². The highest BCUT2D eigenvalue weighted by Gasteiger charge is 2.16. The summed E-state index contributed by atoms with van der Waals surface area (Å²) in [5.41, 5.74) is 3.91. The zero-order chi connectivity index (χ0) is 27.9. The highest BCUT2D eigenvalue weighted by atomic mass is 19.1. The van der Waals surface area contributed by atoms with E-state index in [2.05, 4.69) is 47.3 Å². The molecule has 0 bridgehead atoms. The number of halogens is 1. The summed E-state index contributed by atoms with van der Waals surface area (Å²) in [5, 5.41) is 11.5. The molecule has 0 saturated carbocycles. The number of ether oxygens (including phenoxy) is 2. The predicted molar refractivity (Wildman–Crippen MR) is 156 cm³/mol. The van der Waals surface area contributed by atoms with Gasteiger partial charge in [0.2, 0.25) is 0 Å². The van der Waals surface area contributed by atoms with Crippen molar-refractivity contribution in [2.75, 3.05) is 31.6 Å². The van der Waals surface area contributed by atoms with Crippen molar-refractivity contribution in [3.8, 4) is 5.75 Å². The summed E-state index contributed by atoms with van der Waals surface area (Å²) >= 11 is 0. The Morgan fingerprint density at radius 3 is 2.77 bits per heavy atom. The zero-order valence-electron chi connectivity index (χ0n) is 24.0. The van der Waals surface area contributed by atoms with Crippen LogP contribution in [0.2, 0.25) is 0 Å². The molecule has 9 heteroatoms. The molecule has 3 aromatic rings. The first-order valence-electron chi connectivity index (χ1n) is 13.8. The number of H-pyrrole nitrogens is 1. The molecule has 1 aliphatic rings. The third-order valence-electron chi connectivity index (χ3n) is 7.20. The monoisotopic (exact) mass is 536 g/mol. The second kappa shape index (κ2) is 13.0. The molecule has 0 radical (unpaired) electrons. The third kappa shape index (κ3) is 6.89. The van der Waals surface area contributed by atoms with Gasteiger partial charge in [0.05, 0.1) is 18.7 Å². The van der Waals surface area contributed by atoms with Gasteiger partial charge in [-0.1, -0.05) is 33.3 Å². The van der Waals surface area contributed by atoms with E-state index >= 15 is 4.39 Å². The lowest BCUT2D eigenvalue weighted by molar-refractivity contribution is 0.0552. The molecular weight excluding hydrogens is 495 g/mol. The van der Waals surface area contributed by atoms with E-state index in [1.807, 2.05) is 42.8 Å². The summed E-state index contributed by atoms with van der Waals surface area (Å²) in [6.07, 6.45) is 7.21. The number of allylic oxidation sites excluding steroid dienone is 2. The van der Waals surface area contributed by atoms with Crippen LogP contribution in [0.4, 0.5) is 10.2 Å². The first-order valence-corrected chi connectivity index (χ1v) is 13.8. The number of fused-ring (bicyclic) bond motifs is 1. The summed E-state index contributed by atoms with van der Waals surface area (Å²) in [6, 6.07) is 7.35. The number of aromatic amines is 1. The molecule has 39 heavy (non-hydrogen) atoms. The molecule has 3 heterocycles. The summed E-state index contributed by atoms with van der Waals surface area (Å²) < 4.78 is 28.8. The molecule has 1 fully saturated rings. The number of aliphatic imine (C=N–C) groups is 1. The minimum Gasteiger partial charge on any atom is -0.440 e. The van der Waals surface area contributed by atoms with Gasteiger partial charge in [-0.2, -0.15) is 10.1 Å². The van der Waals surface area contributed by atoms with Gasteiger partial charge in [0, 0.05) is 61.7 Å². The molecule has 1 saturated heterocycles. The molecule has 1 aromatic carbocycles. The Kier molecular flexibility index (Phi) is 9.45. The number of unbranched alkanes of at least 4 members (excludes halogenated alkanes) is 1. The molecule has 0 amide bonds. The molecule has 2 aromatic heterocycles. The fourth-order valence-electron chi connectivity index (χ4n) is 4.55. The molecule has 0 aliphatic carbocycles. The number of aryl methyl sites for hydroxylation is 2. The van der Waals surface area contributed by atoms with Crippen LogP contribution in [0, 0.1) is 12.7 Å². The number of nitrogens with zero attached hydrogens (tertiary/aromatic N) is 4. The van der Waals surface area contributed by atoms with Crippen molar-refractivity contribution in [2.45, 2.75) is 59.8 Å². The largest absolute Gasteiger partial charge is 0.440 e. The van der Waals surface area contributed by atoms with E-state index in [1.165, 1.54) is 0 Å². The molecular formula is C30H41FN6O2.